The van der Waals surface area contributed by atoms with Crippen molar-refractivity contribution in [3.8, 4) is 33.8 Å². The second-order valence-corrected chi connectivity index (χ2v) is 20.0. The predicted molar refractivity (Wildman–Crippen MR) is 290 cm³/mol. The van der Waals surface area contributed by atoms with Gasteiger partial charge in [0.05, 0.1) is 34.2 Å². The number of aromatic nitrogens is 3. The largest absolute Gasteiger partial charge is 0.360 e. The van der Waals surface area contributed by atoms with E-state index in [1.165, 1.54) is 128 Å². The zero-order valence-electron chi connectivity index (χ0n) is 42.1. The lowest BCUT2D eigenvalue weighted by atomic mass is 9.91. The number of nitrogens with one attached hydrogen (secondary N) is 3. The third-order valence-corrected chi connectivity index (χ3v) is 15.0. The molecule has 3 N–H and O–H groups in total. The first kappa shape index (κ1) is 45.3. The number of aromatic amines is 3. The Kier molecular flexibility index (Phi) is 11.5. The van der Waals surface area contributed by atoms with E-state index in [1.54, 1.807) is 0 Å². The van der Waals surface area contributed by atoms with Crippen molar-refractivity contribution in [2.45, 2.75) is 94.9 Å². The Balaban J connectivity index is 0.000000133. The molecule has 4 heterocycles. The maximum atomic E-state index is 10.9. The van der Waals surface area contributed by atoms with Gasteiger partial charge in [-0.25, -0.2) is 4.99 Å². The molecule has 5 heteroatoms. The van der Waals surface area contributed by atoms with Crippen molar-refractivity contribution < 1.29 is 4.79 Å². The first-order valence-electron chi connectivity index (χ1n) is 24.4. The van der Waals surface area contributed by atoms with Crippen LogP contribution in [0.4, 0.5) is 0 Å². The molecular formula is C64H62N4O. The Morgan fingerprint density at radius 1 is 0.493 bits per heavy atom. The molecule has 1 aliphatic heterocycles. The van der Waals surface area contributed by atoms with Crippen molar-refractivity contribution >= 4 is 34.5 Å². The van der Waals surface area contributed by atoms with E-state index in [1.807, 2.05) is 13.0 Å². The van der Waals surface area contributed by atoms with Crippen LogP contribution >= 0.6 is 0 Å². The summed E-state index contributed by atoms with van der Waals surface area (Å²) in [7, 11) is 0. The fourth-order valence-electron chi connectivity index (χ4n) is 11.9. The van der Waals surface area contributed by atoms with Gasteiger partial charge in [0, 0.05) is 62.5 Å². The number of carbonyl (C=O) groups excluding carboxylic acids is 1. The van der Waals surface area contributed by atoms with Crippen LogP contribution in [0.2, 0.25) is 0 Å². The van der Waals surface area contributed by atoms with E-state index in [9.17, 15) is 4.79 Å². The molecule has 0 saturated carbocycles. The number of carbonyl (C=O) groups is 1. The number of aliphatic imine (C=N–C) groups is 1. The summed E-state index contributed by atoms with van der Waals surface area (Å²) in [6, 6.07) is 39.5. The highest BCUT2D eigenvalue weighted by Gasteiger charge is 2.32. The minimum Gasteiger partial charge on any atom is -0.360 e. The van der Waals surface area contributed by atoms with E-state index in [0.29, 0.717) is 17.5 Å². The number of H-pyrrole nitrogens is 3. The lowest BCUT2D eigenvalue weighted by Gasteiger charge is -2.12. The Morgan fingerprint density at radius 3 is 1.58 bits per heavy atom. The SMILES string of the molecule is Cc1c(C=O)[nH]c2c1C(C)c1ccccc1-2.Cc1cc(C)c(-c2[nH]cc3ccc(C)cc23)c(C)c1.Cc1cc(C)c(C2=NC(=Cc3[nH]c4c(c3C)C(C)c3ccccc3-4)c3ccc(C)cc32)c(C)c1. The standard InChI is InChI=1S/C32H30N2.C18H19N.C14H13NO/c1-17-11-12-24-26(15-17)32(29-19(3)13-18(2)14-20(29)4)34-28(24)16-27-22(6)30-21(5)23-9-7-8-10-25(23)31(30)33-27;1-11-5-6-15-10-19-18(16(15)9-11)17-13(3)7-12(2)8-14(17)4;1-8-10-5-3-4-6-11(10)14-13(8)9(2)12(7-16)15-14/h7-16,21,33H,1-6H3;5-10,19H,1-4H3;3-8,15H,1-2H3. The monoisotopic (exact) mass is 902 g/mol. The highest BCUT2D eigenvalue weighted by atomic mass is 16.1. The number of aldehydes is 1. The van der Waals surface area contributed by atoms with Crippen LogP contribution in [-0.2, 0) is 0 Å². The van der Waals surface area contributed by atoms with Crippen molar-refractivity contribution in [2.75, 3.05) is 0 Å². The predicted octanol–water partition coefficient (Wildman–Crippen LogP) is 16.4. The van der Waals surface area contributed by atoms with E-state index >= 15 is 0 Å². The Bertz CT molecular complexity index is 3570. The van der Waals surface area contributed by atoms with Gasteiger partial charge >= 0.3 is 0 Å². The highest BCUT2D eigenvalue weighted by molar-refractivity contribution is 6.23. The number of rotatable bonds is 4. The molecule has 5 nitrogen and oxygen atoms in total. The van der Waals surface area contributed by atoms with E-state index in [4.69, 9.17) is 4.99 Å². The zero-order valence-corrected chi connectivity index (χ0v) is 42.1. The smallest absolute Gasteiger partial charge is 0.166 e. The topological polar surface area (TPSA) is 76.8 Å². The maximum Gasteiger partial charge on any atom is 0.166 e. The fourth-order valence-corrected chi connectivity index (χ4v) is 11.9. The summed E-state index contributed by atoms with van der Waals surface area (Å²) in [4.78, 5) is 26.6. The molecule has 3 aliphatic rings. The van der Waals surface area contributed by atoms with Gasteiger partial charge in [-0.2, -0.15) is 0 Å². The van der Waals surface area contributed by atoms with Gasteiger partial charge in [-0.1, -0.05) is 133 Å². The van der Waals surface area contributed by atoms with Gasteiger partial charge in [-0.15, -0.1) is 0 Å². The quantitative estimate of drug-likeness (QED) is 0.151. The fraction of sp³-hybridized carbons (Fsp3) is 0.219. The molecule has 2 unspecified atom stereocenters. The summed E-state index contributed by atoms with van der Waals surface area (Å²) in [5.41, 5.74) is 33.6. The van der Waals surface area contributed by atoms with E-state index < -0.39 is 0 Å². The van der Waals surface area contributed by atoms with Crippen molar-refractivity contribution in [2.24, 2.45) is 4.99 Å². The molecule has 12 rings (SSSR count). The Morgan fingerprint density at radius 2 is 1.00 bits per heavy atom. The van der Waals surface area contributed by atoms with Crippen molar-refractivity contribution in [1.29, 1.82) is 0 Å². The van der Waals surface area contributed by atoms with E-state index in [2.05, 4.69) is 207 Å². The van der Waals surface area contributed by atoms with E-state index in [0.717, 1.165) is 34.6 Å². The van der Waals surface area contributed by atoms with Crippen LogP contribution in [0.15, 0.2) is 120 Å². The third-order valence-electron chi connectivity index (χ3n) is 15.0. The molecule has 3 aromatic heterocycles. The molecule has 6 aromatic carbocycles. The summed E-state index contributed by atoms with van der Waals surface area (Å²) in [5, 5.41) is 2.59. The molecule has 0 bridgehead atoms. The number of nitrogens with zero attached hydrogens (tertiary/aromatic N) is 1. The second kappa shape index (κ2) is 17.5. The molecule has 0 fully saturated rings. The molecule has 0 amide bonds. The molecule has 69 heavy (non-hydrogen) atoms. The normalized spacial score (nSPS) is 15.4. The molecule has 2 atom stereocenters. The number of hydrogen-bond acceptors (Lipinski definition) is 2. The lowest BCUT2D eigenvalue weighted by molar-refractivity contribution is 0.111. The van der Waals surface area contributed by atoms with Crippen molar-refractivity contribution in [3.05, 3.63) is 221 Å². The van der Waals surface area contributed by atoms with Crippen LogP contribution in [-0.4, -0.2) is 26.9 Å². The first-order valence-corrected chi connectivity index (χ1v) is 24.4. The number of aryl methyl sites for hydroxylation is 8. The molecule has 0 spiro atoms. The minimum absolute atomic E-state index is 0.385. The molecule has 2 aliphatic carbocycles. The van der Waals surface area contributed by atoms with Crippen molar-refractivity contribution in [3.63, 3.8) is 0 Å². The van der Waals surface area contributed by atoms with Crippen LogP contribution < -0.4 is 0 Å². The van der Waals surface area contributed by atoms with E-state index in [-0.39, 0.29) is 0 Å². The Hall–Kier alpha value is -7.50. The number of hydrogen-bond donors (Lipinski definition) is 3. The highest BCUT2D eigenvalue weighted by Crippen LogP contribution is 2.48. The van der Waals surface area contributed by atoms with Crippen molar-refractivity contribution in [1.82, 2.24) is 15.0 Å². The summed E-state index contributed by atoms with van der Waals surface area (Å²) in [5.74, 6) is 0.793. The van der Waals surface area contributed by atoms with Gasteiger partial charge in [0.15, 0.2) is 6.29 Å². The molecular weight excluding hydrogens is 841 g/mol. The Labute approximate surface area is 407 Å². The van der Waals surface area contributed by atoms with Crippen LogP contribution in [0.5, 0.6) is 0 Å². The van der Waals surface area contributed by atoms with Gasteiger partial charge in [-0.3, -0.25) is 4.79 Å². The number of fused-ring (bicyclic) bond motifs is 8. The molecule has 9 aromatic rings. The summed E-state index contributed by atoms with van der Waals surface area (Å²) in [6.45, 7) is 26.2. The molecule has 344 valence electrons. The maximum absolute atomic E-state index is 10.9. The third kappa shape index (κ3) is 7.75. The van der Waals surface area contributed by atoms with Gasteiger partial charge in [0.2, 0.25) is 0 Å². The lowest BCUT2D eigenvalue weighted by Crippen LogP contribution is -2.06. The summed E-state index contributed by atoms with van der Waals surface area (Å²) >= 11 is 0. The van der Waals surface area contributed by atoms with Gasteiger partial charge in [-0.05, 0) is 148 Å². The average Bonchev–Trinajstić information content (AvgIpc) is 4.15. The van der Waals surface area contributed by atoms with Gasteiger partial charge in [0.1, 0.15) is 0 Å². The zero-order chi connectivity index (χ0) is 48.6. The van der Waals surface area contributed by atoms with Crippen LogP contribution in [0, 0.1) is 69.2 Å². The van der Waals surface area contributed by atoms with Gasteiger partial charge < -0.3 is 15.0 Å². The summed E-state index contributed by atoms with van der Waals surface area (Å²) in [6.07, 6.45) is 5.26. The van der Waals surface area contributed by atoms with Crippen LogP contribution in [0.25, 0.3) is 56.3 Å². The van der Waals surface area contributed by atoms with Gasteiger partial charge in [0.25, 0.3) is 0 Å². The number of benzene rings is 6. The first-order chi connectivity index (χ1) is 33.1. The second-order valence-electron chi connectivity index (χ2n) is 20.0. The average molecular weight is 903 g/mol. The minimum atomic E-state index is 0.385. The summed E-state index contributed by atoms with van der Waals surface area (Å²) < 4.78 is 0. The van der Waals surface area contributed by atoms with Crippen LogP contribution in [0.1, 0.15) is 136 Å². The molecule has 0 saturated heterocycles. The van der Waals surface area contributed by atoms with Crippen LogP contribution in [0.3, 0.4) is 0 Å². The molecule has 0 radical (unpaired) electrons.